The molecule has 0 radical (unpaired) electrons. The van der Waals surface area contributed by atoms with Crippen molar-refractivity contribution in [2.24, 2.45) is 5.73 Å². The van der Waals surface area contributed by atoms with E-state index in [1.165, 1.54) is 19.1 Å². The Balaban J connectivity index is 3.01. The highest BCUT2D eigenvalue weighted by Gasteiger charge is 1.96. The molecule has 1 rings (SSSR count). The Labute approximate surface area is 68.8 Å². The van der Waals surface area contributed by atoms with Gasteiger partial charge in [-0.15, -0.1) is 0 Å². The maximum Gasteiger partial charge on any atom is 0.159 e. The second kappa shape index (κ2) is 3.30. The van der Waals surface area contributed by atoms with Crippen LogP contribution in [-0.2, 0) is 6.50 Å². The highest BCUT2D eigenvalue weighted by atomic mass is 16.1. The van der Waals surface area contributed by atoms with E-state index in [1.807, 2.05) is 0 Å². The van der Waals surface area contributed by atoms with Gasteiger partial charge in [0.15, 0.2) is 5.78 Å². The molecule has 0 saturated carbocycles. The highest BCUT2D eigenvalue weighted by Crippen LogP contribution is 2.03. The number of nitrogens with two attached hydrogens (primary N) is 1. The van der Waals surface area contributed by atoms with Crippen molar-refractivity contribution in [3.63, 3.8) is 0 Å². The summed E-state index contributed by atoms with van der Waals surface area (Å²) in [6.45, 7) is -0.374. The summed E-state index contributed by atoms with van der Waals surface area (Å²) >= 11 is 0. The topological polar surface area (TPSA) is 43.1 Å². The predicted molar refractivity (Wildman–Crippen MR) is 44.3 cm³/mol. The molecule has 0 aliphatic rings. The Morgan fingerprint density at radius 3 is 2.45 bits per heavy atom. The molecular formula is C9H11NO. The number of carbonyl (C=O) groups is 1. The largest absolute Gasteiger partial charge is 0.326 e. The Morgan fingerprint density at radius 2 is 2.09 bits per heavy atom. The Bertz CT molecular complexity index is 313. The van der Waals surface area contributed by atoms with E-state index in [1.54, 1.807) is 12.1 Å². The molecule has 0 bridgehead atoms. The lowest BCUT2D eigenvalue weighted by Crippen LogP contribution is -1.97. The van der Waals surface area contributed by atoms with Crippen molar-refractivity contribution < 1.29 is 7.54 Å². The maximum absolute atomic E-state index is 10.9. The summed E-state index contributed by atoms with van der Waals surface area (Å²) < 4.78 is 14.4. The van der Waals surface area contributed by atoms with Gasteiger partial charge in [0.2, 0.25) is 0 Å². The molecule has 0 heterocycles. The second-order valence-corrected chi connectivity index (χ2v) is 2.28. The quantitative estimate of drug-likeness (QED) is 0.648. The molecule has 2 nitrogen and oxygen atoms in total. The summed E-state index contributed by atoms with van der Waals surface area (Å²) in [5, 5.41) is 0. The summed E-state index contributed by atoms with van der Waals surface area (Å²) in [7, 11) is 0. The molecule has 1 aromatic carbocycles. The molecule has 0 unspecified atom stereocenters. The molecule has 0 spiro atoms. The minimum atomic E-state index is -1.84. The fourth-order valence-corrected chi connectivity index (χ4v) is 0.801. The minimum Gasteiger partial charge on any atom is -0.326 e. The lowest BCUT2D eigenvalue weighted by Gasteiger charge is -1.97. The molecule has 2 heteroatoms. The van der Waals surface area contributed by atoms with Crippen molar-refractivity contribution in [3.8, 4) is 0 Å². The third-order valence-electron chi connectivity index (χ3n) is 1.46. The van der Waals surface area contributed by atoms with Crippen LogP contribution in [0.25, 0.3) is 0 Å². The van der Waals surface area contributed by atoms with Crippen LogP contribution in [0.5, 0.6) is 0 Å². The molecule has 0 atom stereocenters. The number of rotatable bonds is 2. The Kier molecular flexibility index (Phi) is 1.65. The van der Waals surface area contributed by atoms with Gasteiger partial charge in [-0.25, -0.2) is 0 Å². The van der Waals surface area contributed by atoms with Crippen molar-refractivity contribution in [1.29, 1.82) is 0 Å². The number of Topliss-reactive ketones (excluding diaryl/α,β-unsaturated/α-hetero) is 1. The zero-order valence-corrected chi connectivity index (χ0v) is 6.29. The lowest BCUT2D eigenvalue weighted by molar-refractivity contribution is 0.101. The number of hydrogen-bond acceptors (Lipinski definition) is 2. The van der Waals surface area contributed by atoms with Gasteiger partial charge < -0.3 is 5.73 Å². The standard InChI is InChI=1S/C9H11NO/c1-7(11)9-4-2-8(6-10)3-5-9/h2-5H,6,10H2,1H3/i6D2. The third-order valence-corrected chi connectivity index (χ3v) is 1.46. The van der Waals surface area contributed by atoms with Crippen molar-refractivity contribution in [2.75, 3.05) is 0 Å². The molecule has 11 heavy (non-hydrogen) atoms. The van der Waals surface area contributed by atoms with Crippen molar-refractivity contribution in [3.05, 3.63) is 35.4 Å². The fourth-order valence-electron chi connectivity index (χ4n) is 0.801. The fraction of sp³-hybridized carbons (Fsp3) is 0.222. The zero-order valence-electron chi connectivity index (χ0n) is 8.29. The highest BCUT2D eigenvalue weighted by molar-refractivity contribution is 5.93. The van der Waals surface area contributed by atoms with Crippen LogP contribution in [0.4, 0.5) is 0 Å². The first-order chi connectivity index (χ1) is 5.91. The van der Waals surface area contributed by atoms with Crippen LogP contribution in [0.15, 0.2) is 24.3 Å². The van der Waals surface area contributed by atoms with Gasteiger partial charge in [-0.05, 0) is 12.5 Å². The van der Waals surface area contributed by atoms with E-state index in [9.17, 15) is 4.79 Å². The van der Waals surface area contributed by atoms with Crippen LogP contribution in [0, 0.1) is 0 Å². The van der Waals surface area contributed by atoms with Crippen molar-refractivity contribution in [1.82, 2.24) is 0 Å². The smallest absolute Gasteiger partial charge is 0.159 e. The molecule has 0 fully saturated rings. The first-order valence-corrected chi connectivity index (χ1v) is 3.31. The van der Waals surface area contributed by atoms with Gasteiger partial charge in [0.05, 0.1) is 0 Å². The molecule has 0 amide bonds. The van der Waals surface area contributed by atoms with E-state index < -0.39 is 6.50 Å². The Hall–Kier alpha value is -1.15. The van der Waals surface area contributed by atoms with E-state index in [0.717, 1.165) is 0 Å². The van der Waals surface area contributed by atoms with Gasteiger partial charge in [0.1, 0.15) is 0 Å². The van der Waals surface area contributed by atoms with Crippen LogP contribution in [0.1, 0.15) is 25.6 Å². The summed E-state index contributed by atoms with van der Waals surface area (Å²) in [5.41, 5.74) is 6.17. The average molecular weight is 151 g/mol. The van der Waals surface area contributed by atoms with E-state index in [-0.39, 0.29) is 5.78 Å². The Morgan fingerprint density at radius 1 is 1.55 bits per heavy atom. The first-order valence-electron chi connectivity index (χ1n) is 4.31. The van der Waals surface area contributed by atoms with E-state index in [0.29, 0.717) is 11.1 Å². The molecule has 0 aromatic heterocycles. The minimum absolute atomic E-state index is 0.0378. The number of carbonyl (C=O) groups excluding carboxylic acids is 1. The number of benzene rings is 1. The molecule has 58 valence electrons. The molecule has 0 aliphatic heterocycles. The maximum atomic E-state index is 10.9. The van der Waals surface area contributed by atoms with Gasteiger partial charge in [0, 0.05) is 14.8 Å². The van der Waals surface area contributed by atoms with E-state index in [2.05, 4.69) is 0 Å². The van der Waals surface area contributed by atoms with Crippen LogP contribution < -0.4 is 5.73 Å². The van der Waals surface area contributed by atoms with Gasteiger partial charge in [-0.1, -0.05) is 24.3 Å². The summed E-state index contributed by atoms with van der Waals surface area (Å²) in [5.74, 6) is -0.0378. The van der Waals surface area contributed by atoms with Crippen LogP contribution in [-0.4, -0.2) is 5.78 Å². The third kappa shape index (κ3) is 1.88. The summed E-state index contributed by atoms with van der Waals surface area (Å²) in [6, 6.07) is 6.19. The second-order valence-electron chi connectivity index (χ2n) is 2.28. The van der Waals surface area contributed by atoms with E-state index in [4.69, 9.17) is 8.48 Å². The van der Waals surface area contributed by atoms with Gasteiger partial charge >= 0.3 is 0 Å². The summed E-state index contributed by atoms with van der Waals surface area (Å²) in [6.07, 6.45) is 0. The molecule has 2 N–H and O–H groups in total. The van der Waals surface area contributed by atoms with Crippen LogP contribution >= 0.6 is 0 Å². The SMILES string of the molecule is [2H]C([2H])(N)c1ccc(C(C)=O)cc1. The van der Waals surface area contributed by atoms with Gasteiger partial charge in [-0.3, -0.25) is 4.79 Å². The van der Waals surface area contributed by atoms with Gasteiger partial charge in [-0.2, -0.15) is 0 Å². The van der Waals surface area contributed by atoms with Gasteiger partial charge in [0.25, 0.3) is 0 Å². The molecule has 0 saturated heterocycles. The summed E-state index contributed by atoms with van der Waals surface area (Å²) in [4.78, 5) is 10.9. The molecule has 1 aromatic rings. The first kappa shape index (κ1) is 5.49. The molecular weight excluding hydrogens is 138 g/mol. The zero-order chi connectivity index (χ0) is 10.1. The number of hydrogen-bond donors (Lipinski definition) is 1. The van der Waals surface area contributed by atoms with Crippen molar-refractivity contribution >= 4 is 5.78 Å². The van der Waals surface area contributed by atoms with Crippen molar-refractivity contribution in [2.45, 2.75) is 13.4 Å². The molecule has 0 aliphatic carbocycles. The van der Waals surface area contributed by atoms with Crippen LogP contribution in [0.3, 0.4) is 0 Å². The number of ketones is 1. The average Bonchev–Trinajstić information content (AvgIpc) is 2.03. The van der Waals surface area contributed by atoms with E-state index >= 15 is 0 Å². The predicted octanol–water partition coefficient (Wildman–Crippen LogP) is 1.35. The normalized spacial score (nSPS) is 13.6. The lowest BCUT2D eigenvalue weighted by atomic mass is 10.1. The van der Waals surface area contributed by atoms with Crippen LogP contribution in [0.2, 0.25) is 0 Å². The monoisotopic (exact) mass is 151 g/mol.